The number of unbranched alkanes of at least 4 members (excludes halogenated alkanes) is 1. The maximum absolute atomic E-state index is 5.35. The highest BCUT2D eigenvalue weighted by atomic mass is 16.5. The molecule has 1 aromatic heterocycles. The lowest BCUT2D eigenvalue weighted by molar-refractivity contribution is 0.396. The summed E-state index contributed by atoms with van der Waals surface area (Å²) in [5, 5.41) is 3.22. The van der Waals surface area contributed by atoms with E-state index >= 15 is 0 Å². The molecule has 0 fully saturated rings. The van der Waals surface area contributed by atoms with Crippen LogP contribution in [-0.4, -0.2) is 49.2 Å². The molecule has 0 saturated heterocycles. The van der Waals surface area contributed by atoms with E-state index < -0.39 is 0 Å². The summed E-state index contributed by atoms with van der Waals surface area (Å²) in [4.78, 5) is 10.3. The molecule has 4 N–H and O–H groups in total. The molecule has 0 atom stereocenters. The number of aromatic nitrogens is 2. The standard InChI is InChI=1S/C11H22N6O/c1-17(2)7-5-4-6-13-10-9(18-3)11(16-12)15-8-14-10/h8H,4-7,12H2,1-3H3,(H2,13,14,15,16). The van der Waals surface area contributed by atoms with Crippen LogP contribution >= 0.6 is 0 Å². The summed E-state index contributed by atoms with van der Waals surface area (Å²) >= 11 is 0. The quantitative estimate of drug-likeness (QED) is 0.354. The molecule has 0 aliphatic heterocycles. The van der Waals surface area contributed by atoms with E-state index in [4.69, 9.17) is 10.6 Å². The zero-order valence-corrected chi connectivity index (χ0v) is 11.2. The highest BCUT2D eigenvalue weighted by molar-refractivity contribution is 5.62. The maximum atomic E-state index is 5.35. The Morgan fingerprint density at radius 1 is 1.28 bits per heavy atom. The highest BCUT2D eigenvalue weighted by Crippen LogP contribution is 2.27. The molecule has 0 bridgehead atoms. The van der Waals surface area contributed by atoms with Crippen molar-refractivity contribution in [1.29, 1.82) is 0 Å². The molecular formula is C11H22N6O. The lowest BCUT2D eigenvalue weighted by Crippen LogP contribution is -2.15. The molecule has 102 valence electrons. The summed E-state index contributed by atoms with van der Waals surface area (Å²) in [5.74, 6) is 7.02. The van der Waals surface area contributed by atoms with Crippen LogP contribution in [0.25, 0.3) is 0 Å². The van der Waals surface area contributed by atoms with Crippen LogP contribution in [0.15, 0.2) is 6.33 Å². The number of rotatable bonds is 8. The molecule has 0 unspecified atom stereocenters. The van der Waals surface area contributed by atoms with Crippen molar-refractivity contribution < 1.29 is 4.74 Å². The predicted molar refractivity (Wildman–Crippen MR) is 72.7 cm³/mol. The second-order valence-corrected chi connectivity index (χ2v) is 4.19. The molecule has 0 spiro atoms. The Hall–Kier alpha value is -1.60. The molecule has 7 heteroatoms. The first-order valence-electron chi connectivity index (χ1n) is 5.93. The van der Waals surface area contributed by atoms with Crippen molar-refractivity contribution in [2.45, 2.75) is 12.8 Å². The third-order valence-electron chi connectivity index (χ3n) is 2.47. The molecule has 0 saturated carbocycles. The van der Waals surface area contributed by atoms with Crippen molar-refractivity contribution >= 4 is 11.6 Å². The minimum atomic E-state index is 0.475. The molecule has 0 aromatic carbocycles. The van der Waals surface area contributed by atoms with Gasteiger partial charge in [0.15, 0.2) is 11.6 Å². The molecule has 1 heterocycles. The van der Waals surface area contributed by atoms with E-state index in [0.29, 0.717) is 17.4 Å². The largest absolute Gasteiger partial charge is 0.490 e. The number of nitrogen functional groups attached to an aromatic ring is 1. The number of nitrogens with one attached hydrogen (secondary N) is 2. The van der Waals surface area contributed by atoms with E-state index in [1.165, 1.54) is 6.33 Å². The van der Waals surface area contributed by atoms with Gasteiger partial charge in [-0.25, -0.2) is 15.8 Å². The summed E-state index contributed by atoms with van der Waals surface area (Å²) in [6.07, 6.45) is 3.64. The first-order valence-corrected chi connectivity index (χ1v) is 5.93. The number of methoxy groups -OCH3 is 1. The topological polar surface area (TPSA) is 88.3 Å². The molecule has 0 amide bonds. The van der Waals surface area contributed by atoms with Crippen molar-refractivity contribution in [1.82, 2.24) is 14.9 Å². The van der Waals surface area contributed by atoms with Gasteiger partial charge in [-0.05, 0) is 33.5 Å². The molecule has 18 heavy (non-hydrogen) atoms. The molecule has 0 radical (unpaired) electrons. The van der Waals surface area contributed by atoms with Crippen LogP contribution in [0.5, 0.6) is 5.75 Å². The zero-order valence-electron chi connectivity index (χ0n) is 11.2. The smallest absolute Gasteiger partial charge is 0.205 e. The Labute approximate surface area is 108 Å². The Balaban J connectivity index is 2.46. The number of nitrogens with two attached hydrogens (primary N) is 1. The Morgan fingerprint density at radius 2 is 2.00 bits per heavy atom. The molecule has 0 aliphatic carbocycles. The fourth-order valence-electron chi connectivity index (χ4n) is 1.56. The van der Waals surface area contributed by atoms with Gasteiger partial charge < -0.3 is 20.4 Å². The lowest BCUT2D eigenvalue weighted by atomic mass is 10.3. The summed E-state index contributed by atoms with van der Waals surface area (Å²) in [6.45, 7) is 1.92. The van der Waals surface area contributed by atoms with Crippen LogP contribution in [-0.2, 0) is 0 Å². The second-order valence-electron chi connectivity index (χ2n) is 4.19. The van der Waals surface area contributed by atoms with Gasteiger partial charge in [0.2, 0.25) is 5.75 Å². The lowest BCUT2D eigenvalue weighted by Gasteiger charge is -2.13. The first-order chi connectivity index (χ1) is 8.69. The first kappa shape index (κ1) is 14.5. The van der Waals surface area contributed by atoms with Gasteiger partial charge in [0, 0.05) is 6.54 Å². The van der Waals surface area contributed by atoms with Gasteiger partial charge in [-0.1, -0.05) is 0 Å². The summed E-state index contributed by atoms with van der Waals surface area (Å²) in [5.41, 5.74) is 2.48. The Kier molecular flexibility index (Phi) is 6.16. The molecule has 7 nitrogen and oxygen atoms in total. The molecule has 1 rings (SSSR count). The number of hydrogen-bond acceptors (Lipinski definition) is 7. The van der Waals surface area contributed by atoms with E-state index in [0.717, 1.165) is 25.9 Å². The van der Waals surface area contributed by atoms with E-state index in [1.807, 2.05) is 0 Å². The van der Waals surface area contributed by atoms with Crippen molar-refractivity contribution in [2.24, 2.45) is 5.84 Å². The number of anilines is 2. The Morgan fingerprint density at radius 3 is 2.61 bits per heavy atom. The third-order valence-corrected chi connectivity index (χ3v) is 2.47. The molecular weight excluding hydrogens is 232 g/mol. The number of hydrogen-bond donors (Lipinski definition) is 3. The van der Waals surface area contributed by atoms with Crippen molar-refractivity contribution in [3.05, 3.63) is 6.33 Å². The number of nitrogens with zero attached hydrogens (tertiary/aromatic N) is 3. The monoisotopic (exact) mass is 254 g/mol. The van der Waals surface area contributed by atoms with Crippen molar-refractivity contribution in [3.63, 3.8) is 0 Å². The van der Waals surface area contributed by atoms with Gasteiger partial charge in [0.05, 0.1) is 7.11 Å². The SMILES string of the molecule is COc1c(NN)ncnc1NCCCCN(C)C. The second kappa shape index (κ2) is 7.67. The normalized spacial score (nSPS) is 10.5. The van der Waals surface area contributed by atoms with Crippen LogP contribution in [0.3, 0.4) is 0 Å². The Bertz CT molecular complexity index is 357. The highest BCUT2D eigenvalue weighted by Gasteiger charge is 2.10. The van der Waals surface area contributed by atoms with Gasteiger partial charge in [-0.3, -0.25) is 0 Å². The predicted octanol–water partition coefficient (Wildman–Crippen LogP) is 0.524. The molecule has 1 aromatic rings. The van der Waals surface area contributed by atoms with Crippen LogP contribution in [0.2, 0.25) is 0 Å². The van der Waals surface area contributed by atoms with Crippen molar-refractivity contribution in [2.75, 3.05) is 45.0 Å². The maximum Gasteiger partial charge on any atom is 0.205 e. The number of hydrazine groups is 1. The van der Waals surface area contributed by atoms with Crippen LogP contribution in [0.1, 0.15) is 12.8 Å². The van der Waals surface area contributed by atoms with Gasteiger partial charge in [0.25, 0.3) is 0 Å². The van der Waals surface area contributed by atoms with E-state index in [-0.39, 0.29) is 0 Å². The van der Waals surface area contributed by atoms with Crippen LogP contribution in [0, 0.1) is 0 Å². The fraction of sp³-hybridized carbons (Fsp3) is 0.636. The summed E-state index contributed by atoms with van der Waals surface area (Å²) in [6, 6.07) is 0. The van der Waals surface area contributed by atoms with Gasteiger partial charge in [-0.2, -0.15) is 0 Å². The average Bonchev–Trinajstić information content (AvgIpc) is 2.37. The zero-order chi connectivity index (χ0) is 13.4. The van der Waals surface area contributed by atoms with E-state index in [2.05, 4.69) is 39.7 Å². The third kappa shape index (κ3) is 4.34. The minimum absolute atomic E-state index is 0.475. The fourth-order valence-corrected chi connectivity index (χ4v) is 1.56. The van der Waals surface area contributed by atoms with Crippen molar-refractivity contribution in [3.8, 4) is 5.75 Å². The summed E-state index contributed by atoms with van der Waals surface area (Å²) in [7, 11) is 5.71. The minimum Gasteiger partial charge on any atom is -0.490 e. The van der Waals surface area contributed by atoms with Gasteiger partial charge in [-0.15, -0.1) is 0 Å². The molecule has 0 aliphatic rings. The van der Waals surface area contributed by atoms with Crippen LogP contribution < -0.4 is 21.3 Å². The van der Waals surface area contributed by atoms with Gasteiger partial charge in [0.1, 0.15) is 6.33 Å². The van der Waals surface area contributed by atoms with E-state index in [1.54, 1.807) is 7.11 Å². The number of ether oxygens (including phenoxy) is 1. The van der Waals surface area contributed by atoms with E-state index in [9.17, 15) is 0 Å². The van der Waals surface area contributed by atoms with Gasteiger partial charge >= 0.3 is 0 Å². The summed E-state index contributed by atoms with van der Waals surface area (Å²) < 4.78 is 5.22. The average molecular weight is 254 g/mol. The van der Waals surface area contributed by atoms with Crippen LogP contribution in [0.4, 0.5) is 11.6 Å².